The van der Waals surface area contributed by atoms with Crippen LogP contribution in [-0.2, 0) is 4.57 Å². The number of rotatable bonds is 15. The summed E-state index contributed by atoms with van der Waals surface area (Å²) in [5.41, 5.74) is 2.13. The van der Waals surface area contributed by atoms with Crippen LogP contribution in [0.15, 0.2) is 60.7 Å². The minimum atomic E-state index is -2.67. The molecule has 2 atom stereocenters. The Bertz CT molecular complexity index is 700. The smallest absolute Gasteiger partial charge is 0.177 e. The zero-order chi connectivity index (χ0) is 22.5. The molecular weight excluding hydrogens is 397 g/mol. The summed E-state index contributed by atoms with van der Waals surface area (Å²) in [6, 6.07) is 20.9. The van der Waals surface area contributed by atoms with E-state index in [1.165, 1.54) is 38.5 Å². The van der Waals surface area contributed by atoms with Gasteiger partial charge in [0.25, 0.3) is 0 Å². The number of benzene rings is 2. The number of anilines is 2. The highest BCUT2D eigenvalue weighted by Crippen LogP contribution is 2.59. The molecule has 0 amide bonds. The van der Waals surface area contributed by atoms with Gasteiger partial charge >= 0.3 is 0 Å². The van der Waals surface area contributed by atoms with Crippen molar-refractivity contribution >= 4 is 18.7 Å². The van der Waals surface area contributed by atoms with Gasteiger partial charge in [0.2, 0.25) is 0 Å². The van der Waals surface area contributed by atoms with Crippen molar-refractivity contribution in [1.29, 1.82) is 0 Å². The van der Waals surface area contributed by atoms with E-state index in [0.29, 0.717) is 11.8 Å². The fourth-order valence-electron chi connectivity index (χ4n) is 4.59. The van der Waals surface area contributed by atoms with Gasteiger partial charge in [-0.2, -0.15) is 0 Å². The van der Waals surface area contributed by atoms with Gasteiger partial charge in [-0.3, -0.25) is 9.24 Å². The lowest BCUT2D eigenvalue weighted by Crippen LogP contribution is -2.24. The molecule has 0 saturated carbocycles. The molecule has 0 bridgehead atoms. The van der Waals surface area contributed by atoms with Crippen LogP contribution in [0.2, 0.25) is 0 Å². The van der Waals surface area contributed by atoms with Gasteiger partial charge in [0.15, 0.2) is 7.29 Å². The second-order valence-electron chi connectivity index (χ2n) is 9.03. The molecule has 0 radical (unpaired) electrons. The predicted molar refractivity (Wildman–Crippen MR) is 139 cm³/mol. The van der Waals surface area contributed by atoms with E-state index in [2.05, 4.69) is 80.9 Å². The van der Waals surface area contributed by atoms with Gasteiger partial charge in [-0.05, 0) is 48.9 Å². The van der Waals surface area contributed by atoms with E-state index in [9.17, 15) is 0 Å². The summed E-state index contributed by atoms with van der Waals surface area (Å²) in [6.07, 6.45) is 11.1. The molecule has 0 saturated heterocycles. The Morgan fingerprint density at radius 1 is 0.677 bits per heavy atom. The molecule has 0 fully saturated rings. The topological polar surface area (TPSA) is 20.3 Å². The molecule has 2 rings (SSSR count). The molecular formula is C28H44NOP. The first kappa shape index (κ1) is 25.7. The second kappa shape index (κ2) is 13.8. The lowest BCUT2D eigenvalue weighted by molar-refractivity contribution is 0.462. The van der Waals surface area contributed by atoms with Crippen LogP contribution in [0.4, 0.5) is 11.4 Å². The molecule has 2 unspecified atom stereocenters. The molecule has 0 aliphatic rings. The van der Waals surface area contributed by atoms with Gasteiger partial charge < -0.3 is 0 Å². The zero-order valence-electron chi connectivity index (χ0n) is 20.3. The van der Waals surface area contributed by atoms with Crippen molar-refractivity contribution < 1.29 is 4.57 Å². The molecule has 172 valence electrons. The lowest BCUT2D eigenvalue weighted by atomic mass is 10.0. The summed E-state index contributed by atoms with van der Waals surface area (Å²) in [5.74, 6) is 1.04. The van der Waals surface area contributed by atoms with Crippen molar-refractivity contribution in [3.63, 3.8) is 0 Å². The van der Waals surface area contributed by atoms with E-state index < -0.39 is 7.29 Å². The Labute approximate surface area is 191 Å². The van der Waals surface area contributed by atoms with Crippen molar-refractivity contribution in [2.24, 2.45) is 11.8 Å². The maximum atomic E-state index is 15.1. The minimum absolute atomic E-state index is 0.518. The molecule has 0 aliphatic heterocycles. The average Bonchev–Trinajstić information content (AvgIpc) is 2.81. The number of hydrogen-bond acceptors (Lipinski definition) is 1. The van der Waals surface area contributed by atoms with E-state index in [1.54, 1.807) is 0 Å². The van der Waals surface area contributed by atoms with Crippen molar-refractivity contribution in [1.82, 2.24) is 0 Å². The molecule has 0 spiro atoms. The molecule has 0 aliphatic carbocycles. The SMILES string of the molecule is CCCCC(CC)CP(=O)(CC(CC)CCCC)N(c1ccccc1)c1ccccc1. The Balaban J connectivity index is 2.50. The van der Waals surface area contributed by atoms with E-state index in [-0.39, 0.29) is 0 Å². The van der Waals surface area contributed by atoms with Crippen molar-refractivity contribution in [3.05, 3.63) is 60.7 Å². The number of nitrogens with zero attached hydrogens (tertiary/aromatic N) is 1. The van der Waals surface area contributed by atoms with Gasteiger partial charge in [0.1, 0.15) is 0 Å². The second-order valence-corrected chi connectivity index (χ2v) is 11.9. The van der Waals surface area contributed by atoms with Gasteiger partial charge in [0.05, 0.1) is 0 Å². The maximum absolute atomic E-state index is 15.1. The van der Waals surface area contributed by atoms with Gasteiger partial charge in [-0.25, -0.2) is 0 Å². The van der Waals surface area contributed by atoms with Crippen molar-refractivity contribution in [2.45, 2.75) is 79.1 Å². The third kappa shape index (κ3) is 7.83. The largest absolute Gasteiger partial charge is 0.300 e. The average molecular weight is 442 g/mol. The highest BCUT2D eigenvalue weighted by atomic mass is 31.2. The fourth-order valence-corrected chi connectivity index (χ4v) is 8.67. The maximum Gasteiger partial charge on any atom is 0.177 e. The van der Waals surface area contributed by atoms with E-state index >= 15 is 4.57 Å². The highest BCUT2D eigenvalue weighted by molar-refractivity contribution is 7.66. The number of unbranched alkanes of at least 4 members (excludes halogenated alkanes) is 2. The van der Waals surface area contributed by atoms with E-state index in [1.807, 2.05) is 12.1 Å². The normalized spacial score (nSPS) is 15.2. The van der Waals surface area contributed by atoms with Crippen LogP contribution in [0.3, 0.4) is 0 Å². The Morgan fingerprint density at radius 3 is 1.39 bits per heavy atom. The van der Waals surface area contributed by atoms with Crippen molar-refractivity contribution in [2.75, 3.05) is 17.0 Å². The monoisotopic (exact) mass is 441 g/mol. The Hall–Kier alpha value is -1.53. The molecule has 3 heteroatoms. The molecule has 2 nitrogen and oxygen atoms in total. The predicted octanol–water partition coefficient (Wildman–Crippen LogP) is 9.54. The third-order valence-electron chi connectivity index (χ3n) is 6.54. The number of hydrogen-bond donors (Lipinski definition) is 0. The standard InChI is InChI=1S/C28H44NOP/c1-5-9-17-25(7-3)23-31(30,24-26(8-4)18-10-6-2)29(27-19-13-11-14-20-27)28-21-15-12-16-22-28/h11-16,19-22,25-26H,5-10,17-18,23-24H2,1-4H3. The molecule has 0 heterocycles. The summed E-state index contributed by atoms with van der Waals surface area (Å²) in [4.78, 5) is 0. The minimum Gasteiger partial charge on any atom is -0.300 e. The first-order chi connectivity index (χ1) is 15.1. The van der Waals surface area contributed by atoms with Gasteiger partial charge in [-0.15, -0.1) is 0 Å². The molecule has 0 N–H and O–H groups in total. The fraction of sp³-hybridized carbons (Fsp3) is 0.571. The highest BCUT2D eigenvalue weighted by Gasteiger charge is 2.36. The first-order valence-electron chi connectivity index (χ1n) is 12.6. The quantitative estimate of drug-likeness (QED) is 0.256. The molecule has 31 heavy (non-hydrogen) atoms. The Kier molecular flexibility index (Phi) is 11.4. The van der Waals surface area contributed by atoms with Crippen molar-refractivity contribution in [3.8, 4) is 0 Å². The van der Waals surface area contributed by atoms with E-state index in [0.717, 1.165) is 36.5 Å². The van der Waals surface area contributed by atoms with Crippen LogP contribution in [0.5, 0.6) is 0 Å². The lowest BCUT2D eigenvalue weighted by Gasteiger charge is -2.38. The molecule has 2 aromatic carbocycles. The van der Waals surface area contributed by atoms with Crippen LogP contribution < -0.4 is 4.67 Å². The summed E-state index contributed by atoms with van der Waals surface area (Å²) in [5, 5.41) is 0. The molecule has 2 aromatic rings. The first-order valence-corrected chi connectivity index (χ1v) is 14.6. The van der Waals surface area contributed by atoms with Gasteiger partial charge in [0, 0.05) is 23.7 Å². The van der Waals surface area contributed by atoms with E-state index in [4.69, 9.17) is 0 Å². The summed E-state index contributed by atoms with van der Waals surface area (Å²) in [6.45, 7) is 9.05. The van der Waals surface area contributed by atoms with Crippen LogP contribution in [-0.4, -0.2) is 12.3 Å². The summed E-state index contributed by atoms with van der Waals surface area (Å²) < 4.78 is 17.3. The van der Waals surface area contributed by atoms with Crippen LogP contribution >= 0.6 is 7.29 Å². The van der Waals surface area contributed by atoms with Crippen LogP contribution in [0, 0.1) is 11.8 Å². The summed E-state index contributed by atoms with van der Waals surface area (Å²) >= 11 is 0. The summed E-state index contributed by atoms with van der Waals surface area (Å²) in [7, 11) is -2.67. The number of para-hydroxylation sites is 2. The zero-order valence-corrected chi connectivity index (χ0v) is 21.2. The third-order valence-corrected chi connectivity index (χ3v) is 9.90. The Morgan fingerprint density at radius 2 is 1.06 bits per heavy atom. The molecule has 0 aromatic heterocycles. The van der Waals surface area contributed by atoms with Crippen LogP contribution in [0.25, 0.3) is 0 Å². The van der Waals surface area contributed by atoms with Crippen LogP contribution in [0.1, 0.15) is 79.1 Å². The van der Waals surface area contributed by atoms with Gasteiger partial charge in [-0.1, -0.05) is 103 Å².